The van der Waals surface area contributed by atoms with Gasteiger partial charge in [-0.1, -0.05) is 84.9 Å². The maximum atomic E-state index is 3.88. The third kappa shape index (κ3) is 1.81. The Balaban J connectivity index is 1.66. The zero-order valence-electron chi connectivity index (χ0n) is 14.2. The van der Waals surface area contributed by atoms with E-state index >= 15 is 0 Å². The molecule has 0 spiro atoms. The van der Waals surface area contributed by atoms with Crippen molar-refractivity contribution in [2.75, 3.05) is 10.6 Å². The van der Waals surface area contributed by atoms with Crippen LogP contribution in [0.25, 0.3) is 27.6 Å². The topological polar surface area (TPSA) is 24.1 Å². The highest BCUT2D eigenvalue weighted by atomic mass is 15.1. The minimum absolute atomic E-state index is 0.244. The monoisotopic (exact) mass is 334 g/mol. The Hall–Kier alpha value is -3.26. The predicted molar refractivity (Wildman–Crippen MR) is 111 cm³/mol. The lowest BCUT2D eigenvalue weighted by molar-refractivity contribution is 0.695. The molecule has 26 heavy (non-hydrogen) atoms. The molecular weight excluding hydrogens is 316 g/mol. The number of anilines is 2. The SMILES string of the molecule is C1=C[C@@H]2Nc3c(c4ccccc4c4ccccc34)N[C@H]2c2ccccc21. The number of hydrogen-bond acceptors (Lipinski definition) is 2. The van der Waals surface area contributed by atoms with Gasteiger partial charge in [0.25, 0.3) is 0 Å². The maximum Gasteiger partial charge on any atom is 0.0758 e. The second kappa shape index (κ2) is 5.12. The van der Waals surface area contributed by atoms with Gasteiger partial charge in [-0.25, -0.2) is 0 Å². The molecule has 2 atom stereocenters. The summed E-state index contributed by atoms with van der Waals surface area (Å²) in [4.78, 5) is 0. The molecule has 0 unspecified atom stereocenters. The highest BCUT2D eigenvalue weighted by Gasteiger charge is 2.32. The minimum atomic E-state index is 0.244. The molecule has 2 heteroatoms. The van der Waals surface area contributed by atoms with E-state index in [0.717, 1.165) is 0 Å². The van der Waals surface area contributed by atoms with Crippen LogP contribution in [0.1, 0.15) is 17.2 Å². The third-order valence-electron chi connectivity index (χ3n) is 5.72. The molecule has 1 aliphatic heterocycles. The van der Waals surface area contributed by atoms with E-state index in [2.05, 4.69) is 95.6 Å². The van der Waals surface area contributed by atoms with Crippen LogP contribution >= 0.6 is 0 Å². The Bertz CT molecular complexity index is 1210. The van der Waals surface area contributed by atoms with Crippen molar-refractivity contribution in [3.63, 3.8) is 0 Å². The molecule has 0 aromatic heterocycles. The highest BCUT2D eigenvalue weighted by Crippen LogP contribution is 2.47. The number of nitrogens with one attached hydrogen (secondary N) is 2. The normalized spacial score (nSPS) is 20.0. The van der Waals surface area contributed by atoms with Gasteiger partial charge in [0.05, 0.1) is 23.5 Å². The molecule has 0 saturated carbocycles. The second-order valence-corrected chi connectivity index (χ2v) is 7.12. The molecule has 0 bridgehead atoms. The fraction of sp³-hybridized carbons (Fsp3) is 0.0833. The summed E-state index contributed by atoms with van der Waals surface area (Å²) in [7, 11) is 0. The van der Waals surface area contributed by atoms with Crippen LogP contribution in [0.5, 0.6) is 0 Å². The van der Waals surface area contributed by atoms with E-state index in [-0.39, 0.29) is 12.1 Å². The molecule has 0 saturated heterocycles. The smallest absolute Gasteiger partial charge is 0.0758 e. The van der Waals surface area contributed by atoms with Gasteiger partial charge in [0.2, 0.25) is 0 Å². The Morgan fingerprint density at radius 3 is 1.88 bits per heavy atom. The molecule has 4 aromatic carbocycles. The van der Waals surface area contributed by atoms with Crippen molar-refractivity contribution in [2.24, 2.45) is 0 Å². The largest absolute Gasteiger partial charge is 0.374 e. The van der Waals surface area contributed by atoms with Gasteiger partial charge in [-0.05, 0) is 21.9 Å². The first kappa shape index (κ1) is 14.0. The zero-order chi connectivity index (χ0) is 17.1. The number of benzene rings is 4. The molecule has 2 N–H and O–H groups in total. The number of fused-ring (bicyclic) bond motifs is 9. The van der Waals surface area contributed by atoms with Crippen LogP contribution in [-0.2, 0) is 0 Å². The van der Waals surface area contributed by atoms with Gasteiger partial charge >= 0.3 is 0 Å². The third-order valence-corrected chi connectivity index (χ3v) is 5.72. The lowest BCUT2D eigenvalue weighted by Crippen LogP contribution is -2.37. The lowest BCUT2D eigenvalue weighted by Gasteiger charge is -2.39. The first-order chi connectivity index (χ1) is 12.9. The van der Waals surface area contributed by atoms with Crippen molar-refractivity contribution < 1.29 is 0 Å². The summed E-state index contributed by atoms with van der Waals surface area (Å²) in [5.41, 5.74) is 5.09. The Kier molecular flexibility index (Phi) is 2.75. The first-order valence-corrected chi connectivity index (χ1v) is 9.14. The molecule has 2 aliphatic rings. The summed E-state index contributed by atoms with van der Waals surface area (Å²) in [5, 5.41) is 12.9. The van der Waals surface area contributed by atoms with Crippen LogP contribution in [0.15, 0.2) is 78.9 Å². The van der Waals surface area contributed by atoms with E-state index in [1.807, 2.05) is 0 Å². The van der Waals surface area contributed by atoms with Gasteiger partial charge in [0.1, 0.15) is 0 Å². The summed E-state index contributed by atoms with van der Waals surface area (Å²) in [6.07, 6.45) is 4.52. The molecule has 4 aromatic rings. The average molecular weight is 334 g/mol. The van der Waals surface area contributed by atoms with Crippen molar-refractivity contribution in [1.29, 1.82) is 0 Å². The van der Waals surface area contributed by atoms with E-state index in [4.69, 9.17) is 0 Å². The van der Waals surface area contributed by atoms with Gasteiger partial charge in [-0.2, -0.15) is 0 Å². The fourth-order valence-corrected chi connectivity index (χ4v) is 4.52. The molecule has 0 radical (unpaired) electrons. The quantitative estimate of drug-likeness (QED) is 0.387. The van der Waals surface area contributed by atoms with Crippen molar-refractivity contribution >= 4 is 39.0 Å². The first-order valence-electron chi connectivity index (χ1n) is 9.14. The molecule has 2 nitrogen and oxygen atoms in total. The molecule has 1 heterocycles. The standard InChI is InChI=1S/C24H18N2/c1-2-8-16-15(7-1)13-14-21-22(16)26-24-20-12-6-4-10-18(20)17-9-3-5-11-19(17)23(24)25-21/h1-14,21-22,25-26H/t21-,22-/m0/s1. The summed E-state index contributed by atoms with van der Waals surface area (Å²) < 4.78 is 0. The summed E-state index contributed by atoms with van der Waals surface area (Å²) >= 11 is 0. The molecule has 124 valence electrons. The predicted octanol–water partition coefficient (Wildman–Crippen LogP) is 5.97. The maximum absolute atomic E-state index is 3.88. The van der Waals surface area contributed by atoms with E-state index < -0.39 is 0 Å². The summed E-state index contributed by atoms with van der Waals surface area (Å²) in [6.45, 7) is 0. The molecule has 1 aliphatic carbocycles. The zero-order valence-corrected chi connectivity index (χ0v) is 14.2. The van der Waals surface area contributed by atoms with Crippen molar-refractivity contribution in [3.05, 3.63) is 90.0 Å². The number of hydrogen-bond donors (Lipinski definition) is 2. The van der Waals surface area contributed by atoms with Gasteiger partial charge in [-0.3, -0.25) is 0 Å². The van der Waals surface area contributed by atoms with Gasteiger partial charge < -0.3 is 10.6 Å². The summed E-state index contributed by atoms with van der Waals surface area (Å²) in [6, 6.07) is 26.5. The van der Waals surface area contributed by atoms with Crippen LogP contribution in [0.4, 0.5) is 11.4 Å². The Labute approximate surface area is 152 Å². The van der Waals surface area contributed by atoms with E-state index in [1.54, 1.807) is 0 Å². The molecule has 0 fully saturated rings. The van der Waals surface area contributed by atoms with Crippen molar-refractivity contribution in [1.82, 2.24) is 0 Å². The van der Waals surface area contributed by atoms with Crippen molar-refractivity contribution in [2.45, 2.75) is 12.1 Å². The van der Waals surface area contributed by atoms with Gasteiger partial charge in [0.15, 0.2) is 0 Å². The highest BCUT2D eigenvalue weighted by molar-refractivity contribution is 6.20. The molecule has 6 rings (SSSR count). The Morgan fingerprint density at radius 1 is 0.577 bits per heavy atom. The van der Waals surface area contributed by atoms with Gasteiger partial charge in [0, 0.05) is 10.8 Å². The van der Waals surface area contributed by atoms with Crippen LogP contribution in [0.3, 0.4) is 0 Å². The van der Waals surface area contributed by atoms with Crippen LogP contribution in [-0.4, -0.2) is 6.04 Å². The fourth-order valence-electron chi connectivity index (χ4n) is 4.52. The summed E-state index contributed by atoms with van der Waals surface area (Å²) in [5.74, 6) is 0. The minimum Gasteiger partial charge on any atom is -0.374 e. The molecule has 0 amide bonds. The van der Waals surface area contributed by atoms with E-state index in [9.17, 15) is 0 Å². The average Bonchev–Trinajstić information content (AvgIpc) is 2.73. The van der Waals surface area contributed by atoms with Crippen LogP contribution in [0.2, 0.25) is 0 Å². The van der Waals surface area contributed by atoms with Crippen molar-refractivity contribution in [3.8, 4) is 0 Å². The molecular formula is C24H18N2. The number of rotatable bonds is 0. The van der Waals surface area contributed by atoms with Crippen LogP contribution < -0.4 is 10.6 Å². The lowest BCUT2D eigenvalue weighted by atomic mass is 9.86. The van der Waals surface area contributed by atoms with Gasteiger partial charge in [-0.15, -0.1) is 0 Å². The van der Waals surface area contributed by atoms with E-state index in [1.165, 1.54) is 44.0 Å². The second-order valence-electron chi connectivity index (χ2n) is 7.12. The Morgan fingerprint density at radius 2 is 1.15 bits per heavy atom. The van der Waals surface area contributed by atoms with Crippen LogP contribution in [0, 0.1) is 0 Å². The van der Waals surface area contributed by atoms with E-state index in [0.29, 0.717) is 0 Å².